The molecule has 0 atom stereocenters. The molecule has 2 nitrogen and oxygen atoms in total. The van der Waals surface area contributed by atoms with Crippen molar-refractivity contribution in [3.8, 4) is 6.07 Å². The molecule has 0 amide bonds. The van der Waals surface area contributed by atoms with Crippen LogP contribution in [-0.4, -0.2) is 0 Å². The van der Waals surface area contributed by atoms with E-state index in [1.54, 1.807) is 6.07 Å². The van der Waals surface area contributed by atoms with Gasteiger partial charge in [0, 0.05) is 6.07 Å². The highest BCUT2D eigenvalue weighted by Gasteiger charge is 2.10. The molecule has 6 heteroatoms. The third-order valence-corrected chi connectivity index (χ3v) is 2.99. The second kappa shape index (κ2) is 5.33. The van der Waals surface area contributed by atoms with Crippen molar-refractivity contribution < 1.29 is 13.2 Å². The number of halogens is 4. The average molecular weight is 327 g/mol. The zero-order valence-electron chi connectivity index (χ0n) is 9.35. The van der Waals surface area contributed by atoms with Crippen LogP contribution in [0.3, 0.4) is 0 Å². The molecule has 0 spiro atoms. The topological polar surface area (TPSA) is 35.8 Å². The van der Waals surface area contributed by atoms with Crippen LogP contribution in [0.15, 0.2) is 34.8 Å². The Morgan fingerprint density at radius 2 is 1.74 bits per heavy atom. The van der Waals surface area contributed by atoms with E-state index in [9.17, 15) is 13.2 Å². The predicted octanol–water partition coefficient (Wildman–Crippen LogP) is 4.48. The van der Waals surface area contributed by atoms with E-state index < -0.39 is 17.5 Å². The lowest BCUT2D eigenvalue weighted by molar-refractivity contribution is 0.598. The summed E-state index contributed by atoms with van der Waals surface area (Å²) < 4.78 is 39.9. The Morgan fingerprint density at radius 3 is 2.42 bits per heavy atom. The minimum atomic E-state index is -0.693. The van der Waals surface area contributed by atoms with Gasteiger partial charge in [0.05, 0.1) is 21.4 Å². The Labute approximate surface area is 115 Å². The van der Waals surface area contributed by atoms with Gasteiger partial charge in [-0.3, -0.25) is 0 Å². The number of benzene rings is 2. The van der Waals surface area contributed by atoms with Crippen LogP contribution in [0.1, 0.15) is 5.56 Å². The lowest BCUT2D eigenvalue weighted by atomic mass is 10.1. The molecule has 0 saturated heterocycles. The number of nitrogens with zero attached hydrogens (tertiary/aromatic N) is 1. The van der Waals surface area contributed by atoms with E-state index in [0.717, 1.165) is 24.3 Å². The van der Waals surface area contributed by atoms with Crippen LogP contribution >= 0.6 is 15.9 Å². The highest BCUT2D eigenvalue weighted by Crippen LogP contribution is 2.27. The average Bonchev–Trinajstić information content (AvgIpc) is 2.37. The molecule has 0 saturated carbocycles. The SMILES string of the molecule is N#Cc1cc(F)ccc1Nc1cc(F)c(Br)cc1F. The van der Waals surface area contributed by atoms with Gasteiger partial charge < -0.3 is 5.32 Å². The van der Waals surface area contributed by atoms with Gasteiger partial charge in [-0.1, -0.05) is 0 Å². The molecule has 96 valence electrons. The van der Waals surface area contributed by atoms with E-state index in [1.807, 2.05) is 0 Å². The normalized spacial score (nSPS) is 10.1. The summed E-state index contributed by atoms with van der Waals surface area (Å²) >= 11 is 2.86. The molecule has 19 heavy (non-hydrogen) atoms. The van der Waals surface area contributed by atoms with Crippen LogP contribution in [0.5, 0.6) is 0 Å². The Morgan fingerprint density at radius 1 is 1.00 bits per heavy atom. The van der Waals surface area contributed by atoms with Crippen molar-refractivity contribution in [2.45, 2.75) is 0 Å². The van der Waals surface area contributed by atoms with Crippen LogP contribution in [0.2, 0.25) is 0 Å². The van der Waals surface area contributed by atoms with Crippen LogP contribution in [0.4, 0.5) is 24.5 Å². The lowest BCUT2D eigenvalue weighted by Crippen LogP contribution is -1.98. The Hall–Kier alpha value is -2.00. The molecule has 0 aromatic heterocycles. The second-order valence-electron chi connectivity index (χ2n) is 3.67. The van der Waals surface area contributed by atoms with Crippen molar-refractivity contribution in [2.24, 2.45) is 0 Å². The maximum absolute atomic E-state index is 13.6. The number of hydrogen-bond acceptors (Lipinski definition) is 2. The van der Waals surface area contributed by atoms with Crippen molar-refractivity contribution in [1.82, 2.24) is 0 Å². The first-order chi connectivity index (χ1) is 9.01. The minimum Gasteiger partial charge on any atom is -0.352 e. The molecule has 0 fully saturated rings. The molecule has 0 heterocycles. The van der Waals surface area contributed by atoms with Gasteiger partial charge in [0.1, 0.15) is 23.5 Å². The molecular weight excluding hydrogens is 321 g/mol. The maximum Gasteiger partial charge on any atom is 0.147 e. The van der Waals surface area contributed by atoms with Crippen molar-refractivity contribution >= 4 is 27.3 Å². The summed E-state index contributed by atoms with van der Waals surface area (Å²) in [7, 11) is 0. The maximum atomic E-state index is 13.6. The monoisotopic (exact) mass is 326 g/mol. The second-order valence-corrected chi connectivity index (χ2v) is 4.53. The number of anilines is 2. The van der Waals surface area contributed by atoms with Gasteiger partial charge in [0.2, 0.25) is 0 Å². The molecule has 0 radical (unpaired) electrons. The molecule has 1 N–H and O–H groups in total. The van der Waals surface area contributed by atoms with Gasteiger partial charge in [0.25, 0.3) is 0 Å². The first-order valence-electron chi connectivity index (χ1n) is 5.12. The van der Waals surface area contributed by atoms with Crippen molar-refractivity contribution in [1.29, 1.82) is 5.26 Å². The van der Waals surface area contributed by atoms with E-state index in [2.05, 4.69) is 21.2 Å². The third kappa shape index (κ3) is 2.88. The van der Waals surface area contributed by atoms with E-state index in [-0.39, 0.29) is 21.4 Å². The summed E-state index contributed by atoms with van der Waals surface area (Å²) in [6.45, 7) is 0. The van der Waals surface area contributed by atoms with Crippen molar-refractivity contribution in [2.75, 3.05) is 5.32 Å². The lowest BCUT2D eigenvalue weighted by Gasteiger charge is -2.10. The number of rotatable bonds is 2. The molecule has 0 aliphatic heterocycles. The quantitative estimate of drug-likeness (QED) is 0.826. The third-order valence-electron chi connectivity index (χ3n) is 2.38. The highest BCUT2D eigenvalue weighted by molar-refractivity contribution is 9.10. The highest BCUT2D eigenvalue weighted by atomic mass is 79.9. The zero-order valence-corrected chi connectivity index (χ0v) is 10.9. The zero-order chi connectivity index (χ0) is 14.0. The summed E-state index contributed by atoms with van der Waals surface area (Å²) in [6, 6.07) is 7.10. The van der Waals surface area contributed by atoms with Gasteiger partial charge in [-0.2, -0.15) is 5.26 Å². The molecule has 2 aromatic carbocycles. The Kier molecular flexibility index (Phi) is 3.76. The van der Waals surface area contributed by atoms with E-state index in [4.69, 9.17) is 5.26 Å². The van der Waals surface area contributed by atoms with Crippen LogP contribution in [0.25, 0.3) is 0 Å². The summed E-state index contributed by atoms with van der Waals surface area (Å²) in [5.74, 6) is -1.92. The van der Waals surface area contributed by atoms with Gasteiger partial charge in [0.15, 0.2) is 0 Å². The number of hydrogen-bond donors (Lipinski definition) is 1. The Bertz CT molecular complexity index is 680. The Balaban J connectivity index is 2.42. The fourth-order valence-corrected chi connectivity index (χ4v) is 1.80. The summed E-state index contributed by atoms with van der Waals surface area (Å²) in [5.41, 5.74) is 0.0658. The first-order valence-corrected chi connectivity index (χ1v) is 5.92. The molecule has 0 aliphatic rings. The number of nitriles is 1. The van der Waals surface area contributed by atoms with Crippen LogP contribution in [-0.2, 0) is 0 Å². The number of nitrogens with one attached hydrogen (secondary N) is 1. The van der Waals surface area contributed by atoms with Crippen molar-refractivity contribution in [3.05, 3.63) is 57.8 Å². The summed E-state index contributed by atoms with van der Waals surface area (Å²) in [6.07, 6.45) is 0. The largest absolute Gasteiger partial charge is 0.352 e. The fraction of sp³-hybridized carbons (Fsp3) is 0. The standard InChI is InChI=1S/C13H6BrF3N2/c14-9-4-11(17)13(5-10(9)16)19-12-2-1-8(15)3-7(12)6-18/h1-5,19H. The molecule has 2 rings (SSSR count). The van der Waals surface area contributed by atoms with Crippen LogP contribution < -0.4 is 5.32 Å². The van der Waals surface area contributed by atoms with Gasteiger partial charge in [-0.05, 0) is 40.2 Å². The van der Waals surface area contributed by atoms with E-state index in [0.29, 0.717) is 0 Å². The van der Waals surface area contributed by atoms with Gasteiger partial charge >= 0.3 is 0 Å². The van der Waals surface area contributed by atoms with Gasteiger partial charge in [-0.15, -0.1) is 0 Å². The summed E-state index contributed by atoms with van der Waals surface area (Å²) in [4.78, 5) is 0. The molecule has 0 unspecified atom stereocenters. The van der Waals surface area contributed by atoms with Crippen molar-refractivity contribution in [3.63, 3.8) is 0 Å². The van der Waals surface area contributed by atoms with Gasteiger partial charge in [-0.25, -0.2) is 13.2 Å². The first kappa shape index (κ1) is 13.4. The molecular formula is C13H6BrF3N2. The van der Waals surface area contributed by atoms with Crippen LogP contribution in [0, 0.1) is 28.8 Å². The van der Waals surface area contributed by atoms with E-state index in [1.165, 1.54) is 6.07 Å². The summed E-state index contributed by atoms with van der Waals surface area (Å²) in [5, 5.41) is 11.4. The molecule has 0 bridgehead atoms. The van der Waals surface area contributed by atoms with E-state index >= 15 is 0 Å². The fourth-order valence-electron chi connectivity index (χ4n) is 1.48. The molecule has 2 aromatic rings. The minimum absolute atomic E-state index is 0.00252. The molecule has 0 aliphatic carbocycles. The smallest absolute Gasteiger partial charge is 0.147 e. The predicted molar refractivity (Wildman–Crippen MR) is 68.5 cm³/mol.